The molecule has 0 saturated carbocycles. The molecule has 0 radical (unpaired) electrons. The molecule has 0 aromatic heterocycles. The Labute approximate surface area is 153 Å². The van der Waals surface area contributed by atoms with Crippen molar-refractivity contribution in [2.24, 2.45) is 11.5 Å². The number of hydrogen-bond donors (Lipinski definition) is 3. The lowest BCUT2D eigenvalue weighted by Crippen LogP contribution is -2.15. The molecule has 2 aromatic carbocycles. The van der Waals surface area contributed by atoms with E-state index in [1.54, 1.807) is 0 Å². The molecule has 0 aliphatic heterocycles. The van der Waals surface area contributed by atoms with Crippen LogP contribution < -0.4 is 21.5 Å². The number of amides is 1. The third-order valence-electron chi connectivity index (χ3n) is 3.67. The number of rotatable bonds is 10. The van der Waals surface area contributed by atoms with Gasteiger partial charge in [-0.3, -0.25) is 4.79 Å². The molecule has 0 fully saturated rings. The van der Waals surface area contributed by atoms with E-state index < -0.39 is 0 Å². The topological polar surface area (TPSA) is 90.4 Å². The van der Waals surface area contributed by atoms with Gasteiger partial charge in [0.05, 0.1) is 12.1 Å². The maximum atomic E-state index is 11.1. The van der Waals surface area contributed by atoms with Crippen molar-refractivity contribution >= 4 is 23.2 Å². The van der Waals surface area contributed by atoms with Crippen LogP contribution in [0, 0.1) is 0 Å². The molecule has 5 nitrogen and oxygen atoms in total. The second-order valence-corrected chi connectivity index (χ2v) is 6.20. The fourth-order valence-corrected chi connectivity index (χ4v) is 2.61. The van der Waals surface area contributed by atoms with Gasteiger partial charge in [-0.15, -0.1) is 0 Å². The molecule has 134 valence electrons. The molecule has 0 unspecified atom stereocenters. The number of primary amides is 1. The minimum Gasteiger partial charge on any atom is -0.490 e. The number of anilines is 1. The quantitative estimate of drug-likeness (QED) is 0.567. The number of benzene rings is 2. The molecule has 1 amide bonds. The molecule has 0 spiro atoms. The van der Waals surface area contributed by atoms with Gasteiger partial charge in [-0.25, -0.2) is 0 Å². The van der Waals surface area contributed by atoms with Gasteiger partial charge in [0.25, 0.3) is 0 Å². The number of hydrogen-bond acceptors (Lipinski definition) is 4. The number of carbonyl (C=O) groups excluding carboxylic acids is 1. The van der Waals surface area contributed by atoms with Gasteiger partial charge in [0, 0.05) is 18.1 Å². The van der Waals surface area contributed by atoms with Crippen molar-refractivity contribution in [1.29, 1.82) is 0 Å². The summed E-state index contributed by atoms with van der Waals surface area (Å²) in [4.78, 5) is 11.1. The van der Waals surface area contributed by atoms with Crippen molar-refractivity contribution in [3.63, 3.8) is 0 Å². The Morgan fingerprint density at radius 2 is 1.84 bits per heavy atom. The molecule has 2 rings (SSSR count). The Morgan fingerprint density at radius 3 is 2.52 bits per heavy atom. The average molecular weight is 362 g/mol. The van der Waals surface area contributed by atoms with Gasteiger partial charge in [0.15, 0.2) is 0 Å². The molecule has 2 aromatic rings. The summed E-state index contributed by atoms with van der Waals surface area (Å²) >= 11 is 5.89. The van der Waals surface area contributed by atoms with Crippen molar-refractivity contribution in [3.05, 3.63) is 58.6 Å². The van der Waals surface area contributed by atoms with Crippen LogP contribution in [0.25, 0.3) is 0 Å². The van der Waals surface area contributed by atoms with Gasteiger partial charge in [0.1, 0.15) is 12.4 Å². The molecule has 0 aliphatic carbocycles. The van der Waals surface area contributed by atoms with Crippen LogP contribution in [-0.2, 0) is 17.6 Å². The first-order valence-corrected chi connectivity index (χ1v) is 8.68. The minimum absolute atomic E-state index is 0.205. The van der Waals surface area contributed by atoms with E-state index in [2.05, 4.69) is 5.32 Å². The monoisotopic (exact) mass is 361 g/mol. The lowest BCUT2D eigenvalue weighted by atomic mass is 10.1. The highest BCUT2D eigenvalue weighted by atomic mass is 35.5. The first-order valence-electron chi connectivity index (χ1n) is 8.31. The number of aryl methyl sites for hydroxylation is 1. The van der Waals surface area contributed by atoms with E-state index in [0.29, 0.717) is 13.2 Å². The Bertz CT molecular complexity index is 690. The standard InChI is InChI=1S/C19H24ClN3O2/c20-16-6-3-14(4-7-16)2-1-10-23-17-12-15(13-19(22)24)5-8-18(17)25-11-9-21/h3-8,12,23H,1-2,9-11,13,21H2,(H2,22,24). The van der Waals surface area contributed by atoms with Crippen LogP contribution in [0.1, 0.15) is 17.5 Å². The maximum absolute atomic E-state index is 11.1. The Kier molecular flexibility index (Phi) is 7.57. The van der Waals surface area contributed by atoms with E-state index in [9.17, 15) is 4.79 Å². The van der Waals surface area contributed by atoms with Gasteiger partial charge in [-0.05, 0) is 48.2 Å². The van der Waals surface area contributed by atoms with Gasteiger partial charge in [-0.2, -0.15) is 0 Å². The highest BCUT2D eigenvalue weighted by molar-refractivity contribution is 6.30. The number of carbonyl (C=O) groups is 1. The van der Waals surface area contributed by atoms with E-state index in [4.69, 9.17) is 27.8 Å². The van der Waals surface area contributed by atoms with Crippen LogP contribution in [0.5, 0.6) is 5.75 Å². The predicted octanol–water partition coefficient (Wildman–Crippen LogP) is 2.75. The van der Waals surface area contributed by atoms with Gasteiger partial charge in [-0.1, -0.05) is 29.8 Å². The SMILES string of the molecule is NCCOc1ccc(CC(N)=O)cc1NCCCc1ccc(Cl)cc1. The van der Waals surface area contributed by atoms with E-state index in [1.165, 1.54) is 5.56 Å². The summed E-state index contributed by atoms with van der Waals surface area (Å²) in [6.45, 7) is 1.66. The summed E-state index contributed by atoms with van der Waals surface area (Å²) in [5, 5.41) is 4.12. The van der Waals surface area contributed by atoms with Gasteiger partial charge < -0.3 is 21.5 Å². The van der Waals surface area contributed by atoms with Crippen LogP contribution in [0.4, 0.5) is 5.69 Å². The number of nitrogens with one attached hydrogen (secondary N) is 1. The average Bonchev–Trinajstić information content (AvgIpc) is 2.59. The van der Waals surface area contributed by atoms with Crippen LogP contribution in [-0.4, -0.2) is 25.6 Å². The molecular weight excluding hydrogens is 338 g/mol. The summed E-state index contributed by atoms with van der Waals surface area (Å²) in [6, 6.07) is 13.5. The highest BCUT2D eigenvalue weighted by Gasteiger charge is 2.07. The maximum Gasteiger partial charge on any atom is 0.221 e. The fourth-order valence-electron chi connectivity index (χ4n) is 2.49. The van der Waals surface area contributed by atoms with E-state index in [1.807, 2.05) is 42.5 Å². The molecule has 0 bridgehead atoms. The summed E-state index contributed by atoms with van der Waals surface area (Å²) in [7, 11) is 0. The smallest absolute Gasteiger partial charge is 0.221 e. The second-order valence-electron chi connectivity index (χ2n) is 5.77. The zero-order chi connectivity index (χ0) is 18.1. The van der Waals surface area contributed by atoms with Crippen molar-refractivity contribution in [2.45, 2.75) is 19.3 Å². The largest absolute Gasteiger partial charge is 0.490 e. The first kappa shape index (κ1) is 19.1. The van der Waals surface area contributed by atoms with Crippen LogP contribution >= 0.6 is 11.6 Å². The normalized spacial score (nSPS) is 10.5. The Balaban J connectivity index is 1.94. The Hall–Kier alpha value is -2.24. The fraction of sp³-hybridized carbons (Fsp3) is 0.316. The van der Waals surface area contributed by atoms with E-state index in [0.717, 1.165) is 41.4 Å². The zero-order valence-electron chi connectivity index (χ0n) is 14.1. The third kappa shape index (κ3) is 6.64. The molecule has 25 heavy (non-hydrogen) atoms. The van der Waals surface area contributed by atoms with Crippen LogP contribution in [0.3, 0.4) is 0 Å². The van der Waals surface area contributed by atoms with Crippen LogP contribution in [0.2, 0.25) is 5.02 Å². The summed E-state index contributed by atoms with van der Waals surface area (Å²) in [5.74, 6) is 0.370. The number of nitrogens with two attached hydrogens (primary N) is 2. The molecule has 0 aliphatic rings. The first-order chi connectivity index (χ1) is 12.1. The zero-order valence-corrected chi connectivity index (χ0v) is 14.9. The van der Waals surface area contributed by atoms with E-state index in [-0.39, 0.29) is 12.3 Å². The van der Waals surface area contributed by atoms with E-state index >= 15 is 0 Å². The molecule has 5 N–H and O–H groups in total. The highest BCUT2D eigenvalue weighted by Crippen LogP contribution is 2.26. The number of halogens is 1. The molecule has 0 atom stereocenters. The van der Waals surface area contributed by atoms with Crippen molar-refractivity contribution < 1.29 is 9.53 Å². The lowest BCUT2D eigenvalue weighted by Gasteiger charge is -2.14. The Morgan fingerprint density at radius 1 is 1.12 bits per heavy atom. The predicted molar refractivity (Wildman–Crippen MR) is 102 cm³/mol. The minimum atomic E-state index is -0.357. The van der Waals surface area contributed by atoms with Gasteiger partial charge in [0.2, 0.25) is 5.91 Å². The molecule has 0 saturated heterocycles. The third-order valence-corrected chi connectivity index (χ3v) is 3.92. The molecule has 0 heterocycles. The summed E-state index contributed by atoms with van der Waals surface area (Å²) in [5.41, 5.74) is 13.7. The summed E-state index contributed by atoms with van der Waals surface area (Å²) in [6.07, 6.45) is 2.11. The number of ether oxygens (including phenoxy) is 1. The van der Waals surface area contributed by atoms with Crippen LogP contribution in [0.15, 0.2) is 42.5 Å². The second kappa shape index (κ2) is 9.91. The lowest BCUT2D eigenvalue weighted by molar-refractivity contribution is -0.117. The molecular formula is C19H24ClN3O2. The molecule has 6 heteroatoms. The van der Waals surface area contributed by atoms with Crippen molar-refractivity contribution in [3.8, 4) is 5.75 Å². The van der Waals surface area contributed by atoms with Gasteiger partial charge >= 0.3 is 0 Å². The van der Waals surface area contributed by atoms with Crippen molar-refractivity contribution in [1.82, 2.24) is 0 Å². The summed E-state index contributed by atoms with van der Waals surface area (Å²) < 4.78 is 5.66. The van der Waals surface area contributed by atoms with Crippen molar-refractivity contribution in [2.75, 3.05) is 25.0 Å².